The van der Waals surface area contributed by atoms with Gasteiger partial charge >= 0.3 is 6.01 Å². The first kappa shape index (κ1) is 31.5. The number of benzene rings is 2. The second-order valence-corrected chi connectivity index (χ2v) is 14.2. The summed E-state index contributed by atoms with van der Waals surface area (Å²) < 4.78 is 71.7. The van der Waals surface area contributed by atoms with Gasteiger partial charge in [-0.1, -0.05) is 13.0 Å². The number of ether oxygens (including phenoxy) is 2. The van der Waals surface area contributed by atoms with Crippen LogP contribution in [-0.4, -0.2) is 82.4 Å². The van der Waals surface area contributed by atoms with Crippen LogP contribution in [0, 0.1) is 17.0 Å². The first-order valence-electron chi connectivity index (χ1n) is 17.0. The number of halogens is 4. The zero-order valence-electron chi connectivity index (χ0n) is 27.0. The molecular formula is C36H39F4N5O3. The minimum absolute atomic E-state index is 0.0169. The maximum Gasteiger partial charge on any atom is 0.319 e. The Balaban J connectivity index is 1.18. The molecule has 1 atom stereocenters. The van der Waals surface area contributed by atoms with Gasteiger partial charge in [-0.25, -0.2) is 17.6 Å². The standard InChI is InChI=1S/C36H39F4N5O3/c1-2-24-27(37)5-4-22-16-23(46)17-25(28(22)24)30-29(38)31-26(18-41-30)32(45-12-3-6-35(20-45)11-15-48-35)43-33(42-31)47-21-34(7-8-34)19-44-13-9-36(39,40)10-14-44/h4-5,16-18,46H,2-3,6-15,19-21H2,1H3/t35-/m0/s1. The number of likely N-dealkylation sites (tertiary alicyclic amines) is 1. The maximum atomic E-state index is 16.9. The molecular weight excluding hydrogens is 626 g/mol. The number of phenolic OH excluding ortho intramolecular Hbond substituents is 1. The number of pyridine rings is 1. The predicted octanol–water partition coefficient (Wildman–Crippen LogP) is 7.04. The van der Waals surface area contributed by atoms with Gasteiger partial charge in [0.05, 0.1) is 24.2 Å². The number of nitrogens with zero attached hydrogens (tertiary/aromatic N) is 5. The second-order valence-electron chi connectivity index (χ2n) is 14.2. The molecule has 5 heterocycles. The molecule has 254 valence electrons. The molecule has 48 heavy (non-hydrogen) atoms. The number of piperidine rings is 2. The lowest BCUT2D eigenvalue weighted by molar-refractivity contribution is -0.151. The van der Waals surface area contributed by atoms with Crippen LogP contribution in [-0.2, 0) is 11.2 Å². The van der Waals surface area contributed by atoms with Crippen molar-refractivity contribution in [2.45, 2.75) is 69.8 Å². The summed E-state index contributed by atoms with van der Waals surface area (Å²) in [6.45, 7) is 5.46. The third-order valence-electron chi connectivity index (χ3n) is 10.8. The van der Waals surface area contributed by atoms with Crippen molar-refractivity contribution in [3.8, 4) is 23.0 Å². The summed E-state index contributed by atoms with van der Waals surface area (Å²) >= 11 is 0. The lowest BCUT2D eigenvalue weighted by Crippen LogP contribution is -2.56. The monoisotopic (exact) mass is 665 g/mol. The number of anilines is 1. The SMILES string of the molecule is CCc1c(F)ccc2cc(O)cc(-c3ncc4c(N5CCC[C@]6(CCO6)C5)nc(OCC5(CN6CCC(F)(F)CC6)CC5)nc4c3F)c12. The zero-order chi connectivity index (χ0) is 33.3. The van der Waals surface area contributed by atoms with Crippen LogP contribution in [0.15, 0.2) is 30.5 Å². The first-order chi connectivity index (χ1) is 23.1. The summed E-state index contributed by atoms with van der Waals surface area (Å²) in [6, 6.07) is 5.88. The number of phenols is 1. The van der Waals surface area contributed by atoms with Gasteiger partial charge in [-0.15, -0.1) is 0 Å². The molecule has 8 rings (SSSR count). The summed E-state index contributed by atoms with van der Waals surface area (Å²) in [5, 5.41) is 12.1. The fourth-order valence-electron chi connectivity index (χ4n) is 7.79. The normalized spacial score (nSPS) is 23.5. The van der Waals surface area contributed by atoms with E-state index in [-0.39, 0.29) is 59.0 Å². The van der Waals surface area contributed by atoms with E-state index in [1.807, 2.05) is 6.92 Å². The van der Waals surface area contributed by atoms with Gasteiger partial charge in [0.1, 0.15) is 28.6 Å². The molecule has 2 aromatic carbocycles. The molecule has 1 N–H and O–H groups in total. The number of alkyl halides is 2. The highest BCUT2D eigenvalue weighted by molar-refractivity contribution is 6.01. The van der Waals surface area contributed by atoms with Crippen LogP contribution in [0.4, 0.5) is 23.4 Å². The summed E-state index contributed by atoms with van der Waals surface area (Å²) in [6.07, 6.45) is 6.19. The van der Waals surface area contributed by atoms with E-state index in [0.717, 1.165) is 32.1 Å². The Morgan fingerprint density at radius 1 is 1.00 bits per heavy atom. The van der Waals surface area contributed by atoms with Crippen molar-refractivity contribution in [1.82, 2.24) is 19.9 Å². The number of hydrogen-bond donors (Lipinski definition) is 1. The third-order valence-corrected chi connectivity index (χ3v) is 10.8. The predicted molar refractivity (Wildman–Crippen MR) is 174 cm³/mol. The minimum Gasteiger partial charge on any atom is -0.508 e. The van der Waals surface area contributed by atoms with Crippen molar-refractivity contribution >= 4 is 27.5 Å². The molecule has 4 aromatic rings. The Bertz CT molecular complexity index is 1890. The molecule has 0 radical (unpaired) electrons. The Morgan fingerprint density at radius 3 is 2.50 bits per heavy atom. The van der Waals surface area contributed by atoms with Gasteiger partial charge in [-0.2, -0.15) is 9.97 Å². The van der Waals surface area contributed by atoms with Crippen molar-refractivity contribution in [2.75, 3.05) is 50.8 Å². The van der Waals surface area contributed by atoms with Gasteiger partial charge in [-0.05, 0) is 66.6 Å². The smallest absolute Gasteiger partial charge is 0.319 e. The van der Waals surface area contributed by atoms with E-state index in [2.05, 4.69) is 19.8 Å². The van der Waals surface area contributed by atoms with Gasteiger partial charge in [0, 0.05) is 69.2 Å². The molecule has 0 bridgehead atoms. The summed E-state index contributed by atoms with van der Waals surface area (Å²) in [4.78, 5) is 18.1. The van der Waals surface area contributed by atoms with Crippen LogP contribution in [0.1, 0.15) is 57.4 Å². The fourth-order valence-corrected chi connectivity index (χ4v) is 7.79. The van der Waals surface area contributed by atoms with Crippen molar-refractivity contribution in [2.24, 2.45) is 5.41 Å². The molecule has 3 saturated heterocycles. The zero-order valence-corrected chi connectivity index (χ0v) is 27.0. The van der Waals surface area contributed by atoms with Crippen LogP contribution in [0.2, 0.25) is 0 Å². The number of aromatic hydroxyl groups is 1. The number of hydrogen-bond acceptors (Lipinski definition) is 8. The first-order valence-corrected chi connectivity index (χ1v) is 17.0. The van der Waals surface area contributed by atoms with Crippen molar-refractivity contribution in [3.05, 3.63) is 47.7 Å². The fraction of sp³-hybridized carbons (Fsp3) is 0.528. The number of aryl methyl sites for hydroxylation is 1. The van der Waals surface area contributed by atoms with Crippen molar-refractivity contribution in [3.63, 3.8) is 0 Å². The molecule has 12 heteroatoms. The molecule has 3 aliphatic heterocycles. The van der Waals surface area contributed by atoms with E-state index in [1.165, 1.54) is 18.2 Å². The van der Waals surface area contributed by atoms with Crippen LogP contribution in [0.3, 0.4) is 0 Å². The number of rotatable bonds is 8. The maximum absolute atomic E-state index is 16.9. The van der Waals surface area contributed by atoms with Crippen molar-refractivity contribution < 1.29 is 32.1 Å². The van der Waals surface area contributed by atoms with Gasteiger partial charge in [0.15, 0.2) is 5.82 Å². The molecule has 1 aliphatic carbocycles. The number of fused-ring (bicyclic) bond motifs is 2. The van der Waals surface area contributed by atoms with E-state index in [0.29, 0.717) is 73.3 Å². The average Bonchev–Trinajstić information content (AvgIpc) is 3.83. The Hall–Kier alpha value is -3.77. The Morgan fingerprint density at radius 2 is 1.79 bits per heavy atom. The molecule has 1 saturated carbocycles. The third kappa shape index (κ3) is 5.70. The van der Waals surface area contributed by atoms with E-state index in [9.17, 15) is 18.3 Å². The van der Waals surface area contributed by atoms with E-state index < -0.39 is 17.6 Å². The van der Waals surface area contributed by atoms with E-state index in [4.69, 9.17) is 14.5 Å². The van der Waals surface area contributed by atoms with Crippen LogP contribution in [0.25, 0.3) is 32.9 Å². The summed E-state index contributed by atoms with van der Waals surface area (Å²) in [7, 11) is 0. The quantitative estimate of drug-likeness (QED) is 0.201. The van der Waals surface area contributed by atoms with Crippen LogP contribution in [0.5, 0.6) is 11.8 Å². The van der Waals surface area contributed by atoms with Gasteiger partial charge in [0.25, 0.3) is 5.92 Å². The topological polar surface area (TPSA) is 83.8 Å². The molecule has 1 spiro atoms. The molecule has 8 nitrogen and oxygen atoms in total. The molecule has 0 amide bonds. The van der Waals surface area contributed by atoms with Crippen molar-refractivity contribution in [1.29, 1.82) is 0 Å². The highest BCUT2D eigenvalue weighted by Gasteiger charge is 2.47. The minimum atomic E-state index is -2.61. The lowest BCUT2D eigenvalue weighted by atomic mass is 9.86. The highest BCUT2D eigenvalue weighted by atomic mass is 19.3. The second kappa shape index (κ2) is 11.7. The van der Waals surface area contributed by atoms with E-state index in [1.54, 1.807) is 12.3 Å². The Kier molecular flexibility index (Phi) is 7.67. The largest absolute Gasteiger partial charge is 0.508 e. The Labute approximate surface area is 276 Å². The van der Waals surface area contributed by atoms with Crippen LogP contribution < -0.4 is 9.64 Å². The van der Waals surface area contributed by atoms with E-state index >= 15 is 4.39 Å². The molecule has 4 fully saturated rings. The van der Waals surface area contributed by atoms with Gasteiger partial charge in [-0.3, -0.25) is 4.98 Å². The summed E-state index contributed by atoms with van der Waals surface area (Å²) in [5.74, 6) is -3.33. The molecule has 2 aromatic heterocycles. The van der Waals surface area contributed by atoms with Crippen LogP contribution >= 0.6 is 0 Å². The lowest BCUT2D eigenvalue weighted by Gasteiger charge is -2.48. The average molecular weight is 666 g/mol. The molecule has 4 aliphatic rings. The van der Waals surface area contributed by atoms with Gasteiger partial charge in [0.2, 0.25) is 0 Å². The summed E-state index contributed by atoms with van der Waals surface area (Å²) in [5.41, 5.74) is 0.186. The molecule has 0 unspecified atom stereocenters. The van der Waals surface area contributed by atoms with Gasteiger partial charge < -0.3 is 24.4 Å². The highest BCUT2D eigenvalue weighted by Crippen LogP contribution is 2.48. The number of aromatic nitrogens is 3.